The van der Waals surface area contributed by atoms with Gasteiger partial charge < -0.3 is 11.1 Å². The number of fused-ring (bicyclic) bond motifs is 1. The number of halogens is 2. The molecule has 0 saturated carbocycles. The Hall–Kier alpha value is -1.84. The lowest BCUT2D eigenvalue weighted by Gasteiger charge is -2.09. The Labute approximate surface area is 85.7 Å². The van der Waals surface area contributed by atoms with Gasteiger partial charge in [0.2, 0.25) is 0 Å². The van der Waals surface area contributed by atoms with Crippen molar-refractivity contribution in [3.63, 3.8) is 0 Å². The van der Waals surface area contributed by atoms with Crippen molar-refractivity contribution in [3.8, 4) is 0 Å². The number of hydrogen-bond acceptors (Lipinski definition) is 2. The topological polar surface area (TPSA) is 38.0 Å². The van der Waals surface area contributed by atoms with E-state index in [-0.39, 0.29) is 16.5 Å². The second-order valence-corrected chi connectivity index (χ2v) is 3.23. The Bertz CT molecular complexity index is 515. The maximum absolute atomic E-state index is 13.5. The minimum atomic E-state index is -0.513. The third kappa shape index (κ3) is 1.38. The summed E-state index contributed by atoms with van der Waals surface area (Å²) in [5.41, 5.74) is 6.38. The fourth-order valence-corrected chi connectivity index (χ4v) is 1.65. The Balaban J connectivity index is 2.99. The van der Waals surface area contributed by atoms with Crippen LogP contribution in [-0.2, 0) is 0 Å². The van der Waals surface area contributed by atoms with Gasteiger partial charge in [0.05, 0.1) is 0 Å². The van der Waals surface area contributed by atoms with Crippen molar-refractivity contribution in [1.82, 2.24) is 0 Å². The lowest BCUT2D eigenvalue weighted by atomic mass is 10.1. The molecule has 0 amide bonds. The SMILES string of the molecule is CNc1ccc(F)c2c(N)ccc(F)c12. The smallest absolute Gasteiger partial charge is 0.133 e. The largest absolute Gasteiger partial charge is 0.398 e. The monoisotopic (exact) mass is 208 g/mol. The summed E-state index contributed by atoms with van der Waals surface area (Å²) in [7, 11) is 1.65. The third-order valence-corrected chi connectivity index (χ3v) is 2.36. The van der Waals surface area contributed by atoms with Gasteiger partial charge in [-0.25, -0.2) is 8.78 Å². The average molecular weight is 208 g/mol. The molecule has 2 nitrogen and oxygen atoms in total. The molecule has 0 aliphatic heterocycles. The van der Waals surface area contributed by atoms with Crippen LogP contribution < -0.4 is 11.1 Å². The van der Waals surface area contributed by atoms with Crippen LogP contribution in [0.4, 0.5) is 20.2 Å². The molecule has 0 saturated heterocycles. The van der Waals surface area contributed by atoms with Crippen LogP contribution in [-0.4, -0.2) is 7.05 Å². The Morgan fingerprint density at radius 1 is 1.00 bits per heavy atom. The maximum Gasteiger partial charge on any atom is 0.133 e. The van der Waals surface area contributed by atoms with Crippen molar-refractivity contribution in [2.24, 2.45) is 0 Å². The van der Waals surface area contributed by atoms with Gasteiger partial charge >= 0.3 is 0 Å². The number of rotatable bonds is 1. The molecule has 4 heteroatoms. The van der Waals surface area contributed by atoms with E-state index >= 15 is 0 Å². The summed E-state index contributed by atoms with van der Waals surface area (Å²) in [4.78, 5) is 0. The minimum absolute atomic E-state index is 0.127. The molecule has 0 unspecified atom stereocenters. The zero-order valence-electron chi connectivity index (χ0n) is 8.14. The molecule has 0 aromatic heterocycles. The Morgan fingerprint density at radius 3 is 2.27 bits per heavy atom. The first kappa shape index (κ1) is 9.71. The van der Waals surface area contributed by atoms with Crippen LogP contribution in [0.15, 0.2) is 24.3 Å². The molecule has 0 bridgehead atoms. The highest BCUT2D eigenvalue weighted by Crippen LogP contribution is 2.32. The van der Waals surface area contributed by atoms with Crippen LogP contribution in [0.2, 0.25) is 0 Å². The first-order valence-electron chi connectivity index (χ1n) is 4.49. The second-order valence-electron chi connectivity index (χ2n) is 3.23. The highest BCUT2D eigenvalue weighted by atomic mass is 19.1. The number of anilines is 2. The molecule has 78 valence electrons. The highest BCUT2D eigenvalue weighted by molar-refractivity contribution is 6.01. The van der Waals surface area contributed by atoms with Crippen LogP contribution in [0.1, 0.15) is 0 Å². The normalized spacial score (nSPS) is 10.6. The van der Waals surface area contributed by atoms with Crippen molar-refractivity contribution in [2.45, 2.75) is 0 Å². The highest BCUT2D eigenvalue weighted by Gasteiger charge is 2.12. The van der Waals surface area contributed by atoms with Crippen molar-refractivity contribution >= 4 is 22.1 Å². The summed E-state index contributed by atoms with van der Waals surface area (Å²) in [6, 6.07) is 5.35. The van der Waals surface area contributed by atoms with Crippen LogP contribution in [0.25, 0.3) is 10.8 Å². The summed E-state index contributed by atoms with van der Waals surface area (Å²) < 4.78 is 27.0. The summed E-state index contributed by atoms with van der Waals surface area (Å²) in [5.74, 6) is -0.996. The Kier molecular flexibility index (Phi) is 2.19. The molecule has 0 fully saturated rings. The molecule has 0 heterocycles. The predicted octanol–water partition coefficient (Wildman–Crippen LogP) is 2.74. The van der Waals surface area contributed by atoms with E-state index in [2.05, 4.69) is 5.32 Å². The van der Waals surface area contributed by atoms with E-state index in [1.807, 2.05) is 0 Å². The van der Waals surface area contributed by atoms with Gasteiger partial charge in [-0.2, -0.15) is 0 Å². The molecule has 15 heavy (non-hydrogen) atoms. The van der Waals surface area contributed by atoms with Crippen LogP contribution in [0, 0.1) is 11.6 Å². The van der Waals surface area contributed by atoms with E-state index in [1.165, 1.54) is 24.3 Å². The van der Waals surface area contributed by atoms with Crippen molar-refractivity contribution in [3.05, 3.63) is 35.9 Å². The molecule has 0 aliphatic carbocycles. The van der Waals surface area contributed by atoms with Gasteiger partial charge in [0, 0.05) is 29.2 Å². The first-order valence-corrected chi connectivity index (χ1v) is 4.49. The molecule has 3 N–H and O–H groups in total. The number of benzene rings is 2. The fraction of sp³-hybridized carbons (Fsp3) is 0.0909. The lowest BCUT2D eigenvalue weighted by molar-refractivity contribution is 0.629. The molecular weight excluding hydrogens is 198 g/mol. The molecule has 2 rings (SSSR count). The van der Waals surface area contributed by atoms with Gasteiger partial charge in [0.1, 0.15) is 11.6 Å². The number of nitrogens with two attached hydrogens (primary N) is 1. The van der Waals surface area contributed by atoms with Gasteiger partial charge in [0.25, 0.3) is 0 Å². The van der Waals surface area contributed by atoms with Gasteiger partial charge in [-0.15, -0.1) is 0 Å². The summed E-state index contributed by atoms with van der Waals surface area (Å²) >= 11 is 0. The fourth-order valence-electron chi connectivity index (χ4n) is 1.65. The van der Waals surface area contributed by atoms with E-state index < -0.39 is 11.6 Å². The van der Waals surface area contributed by atoms with E-state index in [4.69, 9.17) is 5.73 Å². The minimum Gasteiger partial charge on any atom is -0.398 e. The summed E-state index contributed by atoms with van der Waals surface area (Å²) in [6.07, 6.45) is 0. The molecule has 2 aromatic rings. The molecule has 0 radical (unpaired) electrons. The van der Waals surface area contributed by atoms with Crippen molar-refractivity contribution < 1.29 is 8.78 Å². The first-order chi connectivity index (χ1) is 7.15. The molecular formula is C11H10F2N2. The zero-order valence-corrected chi connectivity index (χ0v) is 8.14. The molecule has 2 aromatic carbocycles. The van der Waals surface area contributed by atoms with Gasteiger partial charge in [-0.3, -0.25) is 0 Å². The summed E-state index contributed by atoms with van der Waals surface area (Å²) in [6.45, 7) is 0. The Morgan fingerprint density at radius 2 is 1.60 bits per heavy atom. The van der Waals surface area contributed by atoms with Gasteiger partial charge in [-0.1, -0.05) is 0 Å². The van der Waals surface area contributed by atoms with Gasteiger partial charge in [-0.05, 0) is 24.3 Å². The number of hydrogen-bond donors (Lipinski definition) is 2. The average Bonchev–Trinajstić information content (AvgIpc) is 2.23. The van der Waals surface area contributed by atoms with Crippen LogP contribution in [0.5, 0.6) is 0 Å². The van der Waals surface area contributed by atoms with Crippen molar-refractivity contribution in [2.75, 3.05) is 18.1 Å². The zero-order chi connectivity index (χ0) is 11.0. The molecule has 0 atom stereocenters. The number of nitrogen functional groups attached to an aromatic ring is 1. The third-order valence-electron chi connectivity index (χ3n) is 2.36. The van der Waals surface area contributed by atoms with E-state index in [0.29, 0.717) is 5.69 Å². The van der Waals surface area contributed by atoms with Crippen LogP contribution in [0.3, 0.4) is 0 Å². The van der Waals surface area contributed by atoms with E-state index in [0.717, 1.165) is 0 Å². The maximum atomic E-state index is 13.5. The van der Waals surface area contributed by atoms with Gasteiger partial charge in [0.15, 0.2) is 0 Å². The predicted molar refractivity (Wildman–Crippen MR) is 57.8 cm³/mol. The van der Waals surface area contributed by atoms with Crippen LogP contribution >= 0.6 is 0 Å². The van der Waals surface area contributed by atoms with Crippen molar-refractivity contribution in [1.29, 1.82) is 0 Å². The summed E-state index contributed by atoms with van der Waals surface area (Å²) in [5, 5.41) is 3.12. The molecule has 0 spiro atoms. The van der Waals surface area contributed by atoms with E-state index in [9.17, 15) is 8.78 Å². The quantitative estimate of drug-likeness (QED) is 0.707. The number of nitrogens with one attached hydrogen (secondary N) is 1. The molecule has 0 aliphatic rings. The lowest BCUT2D eigenvalue weighted by Crippen LogP contribution is -1.97. The standard InChI is InChI=1S/C11H10F2N2/c1-15-9-5-3-6(12)10-8(14)4-2-7(13)11(9)10/h2-5,15H,14H2,1H3. The second kappa shape index (κ2) is 3.38. The van der Waals surface area contributed by atoms with E-state index in [1.54, 1.807) is 7.05 Å².